The fourth-order valence-electron chi connectivity index (χ4n) is 1.34. The highest BCUT2D eigenvalue weighted by atomic mass is 16.6. The lowest BCUT2D eigenvalue weighted by Crippen LogP contribution is -2.38. The fourth-order valence-corrected chi connectivity index (χ4v) is 1.34. The number of morpholine rings is 1. The van der Waals surface area contributed by atoms with Crippen LogP contribution in [-0.2, 0) is 9.57 Å². The van der Waals surface area contributed by atoms with Crippen LogP contribution in [0.1, 0.15) is 13.8 Å². The van der Waals surface area contributed by atoms with Gasteiger partial charge >= 0.3 is 0 Å². The molecule has 0 saturated carbocycles. The van der Waals surface area contributed by atoms with Crippen molar-refractivity contribution in [3.8, 4) is 11.8 Å². The van der Waals surface area contributed by atoms with E-state index in [1.54, 1.807) is 6.92 Å². The normalized spacial score (nSPS) is 18.1. The van der Waals surface area contributed by atoms with Crippen molar-refractivity contribution >= 4 is 5.71 Å². The molecule has 84 valence electrons. The second-order valence-corrected chi connectivity index (χ2v) is 3.34. The number of nitrogens with zero attached hydrogens (tertiary/aromatic N) is 2. The minimum atomic E-state index is 0.614. The summed E-state index contributed by atoms with van der Waals surface area (Å²) in [5, 5.41) is 3.88. The summed E-state index contributed by atoms with van der Waals surface area (Å²) in [5.74, 6) is 5.60. The molecular weight excluding hydrogens is 192 g/mol. The Kier molecular flexibility index (Phi) is 5.83. The van der Waals surface area contributed by atoms with Crippen LogP contribution in [-0.4, -0.2) is 50.1 Å². The van der Waals surface area contributed by atoms with E-state index in [0.717, 1.165) is 38.6 Å². The molecule has 15 heavy (non-hydrogen) atoms. The second-order valence-electron chi connectivity index (χ2n) is 3.34. The van der Waals surface area contributed by atoms with Crippen LogP contribution >= 0.6 is 0 Å². The zero-order chi connectivity index (χ0) is 10.9. The average Bonchev–Trinajstić information content (AvgIpc) is 2.26. The number of oxime groups is 1. The smallest absolute Gasteiger partial charge is 0.129 e. The van der Waals surface area contributed by atoms with Crippen LogP contribution in [0.15, 0.2) is 5.16 Å². The molecular formula is C11H18N2O2. The maximum absolute atomic E-state index is 5.25. The standard InChI is InChI=1S/C11H18N2O2/c1-3-4-11(2)12-15-10-7-13-5-8-14-9-6-13/h5-10H2,1-2H3/b12-11-. The summed E-state index contributed by atoms with van der Waals surface area (Å²) >= 11 is 0. The van der Waals surface area contributed by atoms with E-state index in [-0.39, 0.29) is 0 Å². The summed E-state index contributed by atoms with van der Waals surface area (Å²) in [6.45, 7) is 8.76. The van der Waals surface area contributed by atoms with Crippen LogP contribution in [0, 0.1) is 11.8 Å². The minimum absolute atomic E-state index is 0.614. The predicted octanol–water partition coefficient (Wildman–Crippen LogP) is 0.734. The quantitative estimate of drug-likeness (QED) is 0.297. The molecule has 1 heterocycles. The van der Waals surface area contributed by atoms with Gasteiger partial charge in [0.05, 0.1) is 13.2 Å². The Balaban J connectivity index is 2.09. The summed E-state index contributed by atoms with van der Waals surface area (Å²) in [4.78, 5) is 7.46. The summed E-state index contributed by atoms with van der Waals surface area (Å²) in [6.07, 6.45) is 0. The molecule has 4 heteroatoms. The van der Waals surface area contributed by atoms with E-state index >= 15 is 0 Å². The Morgan fingerprint density at radius 2 is 2.20 bits per heavy atom. The number of ether oxygens (including phenoxy) is 1. The first-order valence-corrected chi connectivity index (χ1v) is 5.22. The Morgan fingerprint density at radius 3 is 2.87 bits per heavy atom. The number of rotatable bonds is 4. The number of hydrogen-bond acceptors (Lipinski definition) is 4. The predicted molar refractivity (Wildman–Crippen MR) is 59.8 cm³/mol. The van der Waals surface area contributed by atoms with Gasteiger partial charge in [-0.15, -0.1) is 0 Å². The van der Waals surface area contributed by atoms with Crippen molar-refractivity contribution < 1.29 is 9.57 Å². The first-order chi connectivity index (χ1) is 7.33. The van der Waals surface area contributed by atoms with Crippen molar-refractivity contribution in [2.75, 3.05) is 39.5 Å². The average molecular weight is 210 g/mol. The van der Waals surface area contributed by atoms with E-state index in [2.05, 4.69) is 21.9 Å². The third-order valence-corrected chi connectivity index (χ3v) is 2.11. The van der Waals surface area contributed by atoms with Crippen LogP contribution in [0.4, 0.5) is 0 Å². The molecule has 0 bridgehead atoms. The minimum Gasteiger partial charge on any atom is -0.394 e. The van der Waals surface area contributed by atoms with Gasteiger partial charge in [0.1, 0.15) is 12.3 Å². The van der Waals surface area contributed by atoms with E-state index in [9.17, 15) is 0 Å². The van der Waals surface area contributed by atoms with Gasteiger partial charge in [-0.1, -0.05) is 11.1 Å². The molecule has 0 aromatic carbocycles. The van der Waals surface area contributed by atoms with Crippen LogP contribution in [0.25, 0.3) is 0 Å². The summed E-state index contributed by atoms with van der Waals surface area (Å²) < 4.78 is 5.25. The highest BCUT2D eigenvalue weighted by molar-refractivity contribution is 5.97. The number of hydrogen-bond donors (Lipinski definition) is 0. The highest BCUT2D eigenvalue weighted by Crippen LogP contribution is 1.95. The fraction of sp³-hybridized carbons (Fsp3) is 0.727. The lowest BCUT2D eigenvalue weighted by molar-refractivity contribution is 0.0212. The molecule has 0 aliphatic carbocycles. The molecule has 1 fully saturated rings. The molecule has 4 nitrogen and oxygen atoms in total. The first kappa shape index (κ1) is 12.0. The summed E-state index contributed by atoms with van der Waals surface area (Å²) in [5.41, 5.74) is 0.722. The van der Waals surface area contributed by atoms with Gasteiger partial charge in [-0.2, -0.15) is 0 Å². The van der Waals surface area contributed by atoms with Gasteiger partial charge in [-0.05, 0) is 19.8 Å². The van der Waals surface area contributed by atoms with Crippen LogP contribution in [0.2, 0.25) is 0 Å². The lowest BCUT2D eigenvalue weighted by Gasteiger charge is -2.25. The molecule has 0 radical (unpaired) electrons. The Labute approximate surface area is 91.2 Å². The van der Waals surface area contributed by atoms with Crippen molar-refractivity contribution in [3.05, 3.63) is 0 Å². The zero-order valence-electron chi connectivity index (χ0n) is 9.45. The SMILES string of the molecule is CC#C/C(C)=N\OCCN1CCOCC1. The van der Waals surface area contributed by atoms with Gasteiger partial charge in [-0.25, -0.2) is 0 Å². The third-order valence-electron chi connectivity index (χ3n) is 2.11. The van der Waals surface area contributed by atoms with Gasteiger partial charge in [-0.3, -0.25) is 4.90 Å². The molecule has 0 spiro atoms. The van der Waals surface area contributed by atoms with E-state index in [4.69, 9.17) is 9.57 Å². The molecule has 1 aliphatic heterocycles. The van der Waals surface area contributed by atoms with Crippen molar-refractivity contribution in [1.82, 2.24) is 4.90 Å². The van der Waals surface area contributed by atoms with Gasteiger partial charge in [0.2, 0.25) is 0 Å². The van der Waals surface area contributed by atoms with E-state index in [0.29, 0.717) is 6.61 Å². The van der Waals surface area contributed by atoms with Crippen molar-refractivity contribution in [3.63, 3.8) is 0 Å². The lowest BCUT2D eigenvalue weighted by atomic mass is 10.4. The molecule has 0 aromatic rings. The molecule has 1 aliphatic rings. The van der Waals surface area contributed by atoms with Crippen molar-refractivity contribution in [2.24, 2.45) is 5.16 Å². The second kappa shape index (κ2) is 7.27. The first-order valence-electron chi connectivity index (χ1n) is 5.22. The van der Waals surface area contributed by atoms with E-state index in [1.807, 2.05) is 6.92 Å². The van der Waals surface area contributed by atoms with Gasteiger partial charge in [0, 0.05) is 19.6 Å². The van der Waals surface area contributed by atoms with Crippen LogP contribution < -0.4 is 0 Å². The molecule has 0 N–H and O–H groups in total. The topological polar surface area (TPSA) is 34.1 Å². The van der Waals surface area contributed by atoms with Gasteiger partial charge < -0.3 is 9.57 Å². The van der Waals surface area contributed by atoms with Gasteiger partial charge in [0.15, 0.2) is 0 Å². The highest BCUT2D eigenvalue weighted by Gasteiger charge is 2.09. The maximum atomic E-state index is 5.25. The molecule has 0 aromatic heterocycles. The molecule has 0 atom stereocenters. The zero-order valence-corrected chi connectivity index (χ0v) is 9.45. The van der Waals surface area contributed by atoms with Crippen molar-refractivity contribution in [2.45, 2.75) is 13.8 Å². The Morgan fingerprint density at radius 1 is 1.47 bits per heavy atom. The van der Waals surface area contributed by atoms with E-state index < -0.39 is 0 Å². The molecule has 0 unspecified atom stereocenters. The maximum Gasteiger partial charge on any atom is 0.129 e. The Bertz CT molecular complexity index is 259. The largest absolute Gasteiger partial charge is 0.394 e. The van der Waals surface area contributed by atoms with Crippen molar-refractivity contribution in [1.29, 1.82) is 0 Å². The molecule has 0 amide bonds. The third kappa shape index (κ3) is 5.40. The Hall–Kier alpha value is -1.05. The monoisotopic (exact) mass is 210 g/mol. The summed E-state index contributed by atoms with van der Waals surface area (Å²) in [6, 6.07) is 0. The molecule has 1 rings (SSSR count). The van der Waals surface area contributed by atoms with E-state index in [1.165, 1.54) is 0 Å². The molecule has 1 saturated heterocycles. The summed E-state index contributed by atoms with van der Waals surface area (Å²) in [7, 11) is 0. The van der Waals surface area contributed by atoms with Gasteiger partial charge in [0.25, 0.3) is 0 Å². The van der Waals surface area contributed by atoms with Crippen LogP contribution in [0.5, 0.6) is 0 Å². The van der Waals surface area contributed by atoms with Crippen LogP contribution in [0.3, 0.4) is 0 Å².